The highest BCUT2D eigenvalue weighted by Crippen LogP contribution is 2.21. The van der Waals surface area contributed by atoms with Gasteiger partial charge in [0, 0.05) is 17.0 Å². The fourth-order valence-corrected chi connectivity index (χ4v) is 2.77. The van der Waals surface area contributed by atoms with Gasteiger partial charge in [0.15, 0.2) is 0 Å². The zero-order chi connectivity index (χ0) is 14.2. The summed E-state index contributed by atoms with van der Waals surface area (Å²) in [4.78, 5) is 1.67. The molecule has 1 aromatic carbocycles. The number of methoxy groups -OCH3 is 1. The predicted molar refractivity (Wildman–Crippen MR) is 79.5 cm³/mol. The lowest BCUT2D eigenvalue weighted by Crippen LogP contribution is -3.14. The van der Waals surface area contributed by atoms with Crippen LogP contribution in [0.15, 0.2) is 18.2 Å². The second kappa shape index (κ2) is 8.47. The normalized spacial score (nSPS) is 16.3. The molecule has 112 valence electrons. The third-order valence-electron chi connectivity index (χ3n) is 3.75. The van der Waals surface area contributed by atoms with Crippen LogP contribution in [0.25, 0.3) is 0 Å². The number of nitrogens with one attached hydrogen (secondary N) is 1. The van der Waals surface area contributed by atoms with Gasteiger partial charge in [-0.05, 0) is 18.2 Å². The zero-order valence-electron chi connectivity index (χ0n) is 12.2. The summed E-state index contributed by atoms with van der Waals surface area (Å²) in [7, 11) is 1.70. The Hall–Kier alpha value is -0.810. The van der Waals surface area contributed by atoms with Gasteiger partial charge in [-0.15, -0.1) is 0 Å². The summed E-state index contributed by atoms with van der Waals surface area (Å²) in [5.41, 5.74) is 1.17. The van der Waals surface area contributed by atoms with Gasteiger partial charge in [-0.1, -0.05) is 11.6 Å². The number of hydrogen-bond donors (Lipinski definition) is 2. The average molecular weight is 301 g/mol. The van der Waals surface area contributed by atoms with E-state index in [0.29, 0.717) is 0 Å². The molecule has 0 aliphatic carbocycles. The van der Waals surface area contributed by atoms with Crippen LogP contribution in [0, 0.1) is 0 Å². The molecule has 1 saturated heterocycles. The molecule has 0 aromatic heterocycles. The Morgan fingerprint density at radius 3 is 2.90 bits per heavy atom. The first-order chi connectivity index (χ1) is 9.79. The molecule has 1 fully saturated rings. The molecule has 0 spiro atoms. The molecular weight excluding hydrogens is 276 g/mol. The highest BCUT2D eigenvalue weighted by Gasteiger charge is 2.13. The Morgan fingerprint density at radius 1 is 1.35 bits per heavy atom. The molecule has 3 N–H and O–H groups in total. The van der Waals surface area contributed by atoms with Crippen molar-refractivity contribution in [3.63, 3.8) is 0 Å². The van der Waals surface area contributed by atoms with Gasteiger partial charge in [0.25, 0.3) is 0 Å². The molecule has 20 heavy (non-hydrogen) atoms. The quantitative estimate of drug-likeness (QED) is 0.680. The molecule has 1 aromatic rings. The largest absolute Gasteiger partial charge is 0.496 e. The second-order valence-corrected chi connectivity index (χ2v) is 5.64. The van der Waals surface area contributed by atoms with Gasteiger partial charge in [0.05, 0.1) is 33.4 Å². The van der Waals surface area contributed by atoms with Crippen LogP contribution in [0.2, 0.25) is 5.02 Å². The van der Waals surface area contributed by atoms with E-state index in [1.807, 2.05) is 18.2 Å². The minimum atomic E-state index is 0.770. The number of nitrogens with two attached hydrogens (primary N) is 1. The third kappa shape index (κ3) is 4.94. The van der Waals surface area contributed by atoms with Crippen LogP contribution < -0.4 is 15.0 Å². The van der Waals surface area contributed by atoms with E-state index in [1.165, 1.54) is 18.5 Å². The third-order valence-corrected chi connectivity index (χ3v) is 3.98. The monoisotopic (exact) mass is 300 g/mol. The van der Waals surface area contributed by atoms with E-state index in [2.05, 4.69) is 5.32 Å². The van der Waals surface area contributed by atoms with Gasteiger partial charge in [-0.3, -0.25) is 0 Å². The minimum Gasteiger partial charge on any atom is -0.496 e. The molecule has 2 rings (SSSR count). The molecule has 1 aliphatic heterocycles. The van der Waals surface area contributed by atoms with Gasteiger partial charge in [-0.2, -0.15) is 0 Å². The maximum absolute atomic E-state index is 6.03. The number of morpholine rings is 1. The Labute approximate surface area is 126 Å². The average Bonchev–Trinajstić information content (AvgIpc) is 2.48. The van der Waals surface area contributed by atoms with Gasteiger partial charge in [0.1, 0.15) is 25.4 Å². The van der Waals surface area contributed by atoms with Crippen LogP contribution in [-0.2, 0) is 11.3 Å². The standard InChI is InChI=1S/C15H23ClN2O2/c1-19-15-4-3-14(16)11-13(15)12-17-5-2-6-18-7-9-20-10-8-18/h3-4,11,17H,2,5-10,12H2,1H3/p+2. The molecule has 0 amide bonds. The number of quaternary nitrogens is 2. The predicted octanol–water partition coefficient (Wildman–Crippen LogP) is -0.283. The second-order valence-electron chi connectivity index (χ2n) is 5.20. The summed E-state index contributed by atoms with van der Waals surface area (Å²) < 4.78 is 10.7. The summed E-state index contributed by atoms with van der Waals surface area (Å²) >= 11 is 6.03. The molecule has 0 saturated carbocycles. The van der Waals surface area contributed by atoms with E-state index < -0.39 is 0 Å². The summed E-state index contributed by atoms with van der Waals surface area (Å²) in [6, 6.07) is 5.79. The lowest BCUT2D eigenvalue weighted by atomic mass is 10.2. The first-order valence-corrected chi connectivity index (χ1v) is 7.73. The maximum Gasteiger partial charge on any atom is 0.127 e. The zero-order valence-corrected chi connectivity index (χ0v) is 12.9. The van der Waals surface area contributed by atoms with Crippen molar-refractivity contribution >= 4 is 11.6 Å². The van der Waals surface area contributed by atoms with E-state index in [9.17, 15) is 0 Å². The van der Waals surface area contributed by atoms with Crippen LogP contribution in [0.5, 0.6) is 5.75 Å². The SMILES string of the molecule is COc1ccc(Cl)cc1C[NH2+]CCC[NH+]1CCOCC1. The van der Waals surface area contributed by atoms with E-state index in [-0.39, 0.29) is 0 Å². The fraction of sp³-hybridized carbons (Fsp3) is 0.600. The van der Waals surface area contributed by atoms with E-state index in [1.54, 1.807) is 12.0 Å². The molecule has 0 radical (unpaired) electrons. The van der Waals surface area contributed by atoms with E-state index >= 15 is 0 Å². The lowest BCUT2D eigenvalue weighted by molar-refractivity contribution is -0.909. The molecule has 5 heteroatoms. The summed E-state index contributed by atoms with van der Waals surface area (Å²) in [6.45, 7) is 7.44. The number of halogens is 1. The smallest absolute Gasteiger partial charge is 0.127 e. The van der Waals surface area contributed by atoms with Crippen LogP contribution >= 0.6 is 11.6 Å². The molecule has 1 aliphatic rings. The van der Waals surface area contributed by atoms with Crippen LogP contribution in [0.1, 0.15) is 12.0 Å². The topological polar surface area (TPSA) is 39.5 Å². The first-order valence-electron chi connectivity index (χ1n) is 7.35. The molecule has 1 heterocycles. The lowest BCUT2D eigenvalue weighted by Gasteiger charge is -2.23. The number of benzene rings is 1. The van der Waals surface area contributed by atoms with Crippen molar-refractivity contribution in [3.8, 4) is 5.75 Å². The Bertz CT molecular complexity index is 409. The van der Waals surface area contributed by atoms with Gasteiger partial charge >= 0.3 is 0 Å². The van der Waals surface area contributed by atoms with Crippen molar-refractivity contribution in [1.29, 1.82) is 0 Å². The molecule has 0 bridgehead atoms. The Morgan fingerprint density at radius 2 is 2.15 bits per heavy atom. The molecule has 0 unspecified atom stereocenters. The van der Waals surface area contributed by atoms with Crippen LogP contribution in [-0.4, -0.2) is 46.5 Å². The fourth-order valence-electron chi connectivity index (χ4n) is 2.57. The number of ether oxygens (including phenoxy) is 2. The van der Waals surface area contributed by atoms with Crippen molar-refractivity contribution in [3.05, 3.63) is 28.8 Å². The first kappa shape index (κ1) is 15.6. The minimum absolute atomic E-state index is 0.770. The van der Waals surface area contributed by atoms with Crippen molar-refractivity contribution in [1.82, 2.24) is 0 Å². The summed E-state index contributed by atoms with van der Waals surface area (Å²) in [6.07, 6.45) is 1.23. The molecule has 4 nitrogen and oxygen atoms in total. The van der Waals surface area contributed by atoms with E-state index in [0.717, 1.165) is 50.2 Å². The van der Waals surface area contributed by atoms with Crippen molar-refractivity contribution in [2.75, 3.05) is 46.5 Å². The van der Waals surface area contributed by atoms with Crippen molar-refractivity contribution in [2.45, 2.75) is 13.0 Å². The van der Waals surface area contributed by atoms with E-state index in [4.69, 9.17) is 21.1 Å². The number of rotatable bonds is 7. The maximum atomic E-state index is 6.03. The number of hydrogen-bond acceptors (Lipinski definition) is 2. The molecule has 0 atom stereocenters. The summed E-state index contributed by atoms with van der Waals surface area (Å²) in [5.74, 6) is 0.921. The molecular formula is C15H25ClN2O2+2. The summed E-state index contributed by atoms with van der Waals surface area (Å²) in [5, 5.41) is 3.10. The van der Waals surface area contributed by atoms with Gasteiger partial charge in [-0.25, -0.2) is 0 Å². The highest BCUT2D eigenvalue weighted by molar-refractivity contribution is 6.30. The van der Waals surface area contributed by atoms with Crippen LogP contribution in [0.3, 0.4) is 0 Å². The Balaban J connectivity index is 1.66. The highest BCUT2D eigenvalue weighted by atomic mass is 35.5. The van der Waals surface area contributed by atoms with Crippen molar-refractivity contribution < 1.29 is 19.7 Å². The Kier molecular flexibility index (Phi) is 6.60. The van der Waals surface area contributed by atoms with Gasteiger partial charge < -0.3 is 19.7 Å². The van der Waals surface area contributed by atoms with Gasteiger partial charge in [0.2, 0.25) is 0 Å². The van der Waals surface area contributed by atoms with Crippen molar-refractivity contribution in [2.24, 2.45) is 0 Å². The van der Waals surface area contributed by atoms with Crippen LogP contribution in [0.4, 0.5) is 0 Å².